The number of Topliss-reactive ketones (excluding diaryl/α,β-unsaturated/α-hetero) is 1. The van der Waals surface area contributed by atoms with Crippen molar-refractivity contribution < 1.29 is 9.53 Å². The van der Waals surface area contributed by atoms with Crippen LogP contribution in [-0.4, -0.2) is 49.4 Å². The van der Waals surface area contributed by atoms with Gasteiger partial charge in [0.2, 0.25) is 0 Å². The van der Waals surface area contributed by atoms with E-state index in [1.807, 2.05) is 0 Å². The lowest BCUT2D eigenvalue weighted by Gasteiger charge is -2.56. The van der Waals surface area contributed by atoms with Crippen LogP contribution in [0.25, 0.3) is 0 Å². The van der Waals surface area contributed by atoms with Crippen LogP contribution in [-0.2, 0) is 9.53 Å². The summed E-state index contributed by atoms with van der Waals surface area (Å²) in [7, 11) is 4.42. The fraction of sp³-hybridized carbons (Fsp3) is 0.871. The van der Waals surface area contributed by atoms with E-state index < -0.39 is 0 Å². The van der Waals surface area contributed by atoms with Crippen molar-refractivity contribution in [3.05, 3.63) is 11.6 Å². The predicted octanol–water partition coefficient (Wildman–Crippen LogP) is 6.40. The third-order valence-electron chi connectivity index (χ3n) is 12.1. The van der Waals surface area contributed by atoms with Crippen LogP contribution in [0.15, 0.2) is 16.6 Å². The highest BCUT2D eigenvalue weighted by atomic mass is 16.5. The van der Waals surface area contributed by atoms with Crippen LogP contribution in [0.1, 0.15) is 87.0 Å². The number of ketones is 1. The van der Waals surface area contributed by atoms with E-state index in [1.54, 1.807) is 5.57 Å². The molecule has 0 amide bonds. The number of rotatable bonds is 3. The van der Waals surface area contributed by atoms with E-state index >= 15 is 0 Å². The Morgan fingerprint density at radius 2 is 1.83 bits per heavy atom. The van der Waals surface area contributed by atoms with E-state index in [-0.39, 0.29) is 22.2 Å². The fourth-order valence-electron chi connectivity index (χ4n) is 10.0. The smallest absolute Gasteiger partial charge is 0.186 e. The molecule has 0 aromatic carbocycles. The summed E-state index contributed by atoms with van der Waals surface area (Å²) in [6, 6.07) is 0.806. The molecule has 4 aliphatic carbocycles. The van der Waals surface area contributed by atoms with Gasteiger partial charge < -0.3 is 9.64 Å². The van der Waals surface area contributed by atoms with Gasteiger partial charge in [-0.3, -0.25) is 9.79 Å². The number of hydrogen-bond acceptors (Lipinski definition) is 4. The maximum absolute atomic E-state index is 14.0. The minimum atomic E-state index is 0.0498. The Balaban J connectivity index is 1.48. The molecule has 0 bridgehead atoms. The van der Waals surface area contributed by atoms with Gasteiger partial charge in [0, 0.05) is 29.7 Å². The summed E-state index contributed by atoms with van der Waals surface area (Å²) in [6.07, 6.45) is 8.84. The molecule has 10 atom stereocenters. The highest BCUT2D eigenvalue weighted by molar-refractivity contribution is 5.84. The van der Waals surface area contributed by atoms with Gasteiger partial charge in [0.15, 0.2) is 5.90 Å². The number of ether oxygens (including phenoxy) is 1. The van der Waals surface area contributed by atoms with Crippen molar-refractivity contribution in [3.63, 3.8) is 0 Å². The zero-order valence-electron chi connectivity index (χ0n) is 23.9. The summed E-state index contributed by atoms with van der Waals surface area (Å²) >= 11 is 0. The van der Waals surface area contributed by atoms with Crippen LogP contribution in [0.5, 0.6) is 0 Å². The molecule has 0 aromatic rings. The molecular formula is C31H50N2O2. The number of carbonyl (C=O) groups excluding carboxylic acids is 1. The second kappa shape index (κ2) is 8.43. The van der Waals surface area contributed by atoms with E-state index in [1.165, 1.54) is 19.3 Å². The van der Waals surface area contributed by atoms with Gasteiger partial charge in [-0.05, 0) is 87.6 Å². The maximum atomic E-state index is 14.0. The topological polar surface area (TPSA) is 41.9 Å². The highest BCUT2D eigenvalue weighted by Crippen LogP contribution is 2.70. The summed E-state index contributed by atoms with van der Waals surface area (Å²) in [6.45, 7) is 17.5. The van der Waals surface area contributed by atoms with Crippen LogP contribution in [0, 0.1) is 51.8 Å². The van der Waals surface area contributed by atoms with Crippen molar-refractivity contribution in [2.75, 3.05) is 20.7 Å². The molecule has 0 aromatic heterocycles. The number of carbonyl (C=O) groups is 1. The van der Waals surface area contributed by atoms with E-state index in [0.717, 1.165) is 31.8 Å². The number of fused-ring (bicyclic) bond motifs is 6. The Morgan fingerprint density at radius 3 is 2.49 bits per heavy atom. The van der Waals surface area contributed by atoms with Crippen molar-refractivity contribution >= 4 is 11.7 Å². The highest BCUT2D eigenvalue weighted by Gasteiger charge is 2.67. The van der Waals surface area contributed by atoms with Crippen LogP contribution >= 0.6 is 0 Å². The monoisotopic (exact) mass is 482 g/mol. The molecule has 196 valence electrons. The molecule has 5 rings (SSSR count). The van der Waals surface area contributed by atoms with Crippen LogP contribution in [0.3, 0.4) is 0 Å². The van der Waals surface area contributed by atoms with E-state index in [9.17, 15) is 4.79 Å². The number of nitrogens with zero attached hydrogens (tertiary/aromatic N) is 2. The standard InChI is InChI=1S/C31H50N2O2/c1-18(2)28-32-26-13-10-21-14-22-24(12-11-23(21)29(26,5)17-35-28)30(6)15-19(3)27(20(4)33(8)9)31(30,7)16-25(22)34/h10,18-20,22-24,26-27H,11-17H2,1-9H3/t19-,20?,22?,23?,24?,26+,27-,29+,30+,31-/m1/s1. The van der Waals surface area contributed by atoms with E-state index in [2.05, 4.69) is 73.5 Å². The minimum Gasteiger partial charge on any atom is -0.480 e. The summed E-state index contributed by atoms with van der Waals surface area (Å²) < 4.78 is 6.27. The van der Waals surface area contributed by atoms with Crippen molar-refractivity contribution in [2.24, 2.45) is 56.7 Å². The van der Waals surface area contributed by atoms with Gasteiger partial charge in [0.1, 0.15) is 5.78 Å². The average Bonchev–Trinajstić information content (AvgIpc) is 2.91. The Kier molecular flexibility index (Phi) is 6.14. The van der Waals surface area contributed by atoms with E-state index in [4.69, 9.17) is 9.73 Å². The molecule has 0 N–H and O–H groups in total. The van der Waals surface area contributed by atoms with Crippen molar-refractivity contribution in [1.29, 1.82) is 0 Å². The predicted molar refractivity (Wildman–Crippen MR) is 143 cm³/mol. The van der Waals surface area contributed by atoms with Crippen LogP contribution < -0.4 is 0 Å². The largest absolute Gasteiger partial charge is 0.480 e. The first-order valence-corrected chi connectivity index (χ1v) is 14.4. The lowest BCUT2D eigenvalue weighted by Crippen LogP contribution is -2.55. The Labute approximate surface area is 214 Å². The Bertz CT molecular complexity index is 936. The van der Waals surface area contributed by atoms with Crippen molar-refractivity contribution in [2.45, 2.75) is 99.1 Å². The maximum Gasteiger partial charge on any atom is 0.186 e. The molecular weight excluding hydrogens is 432 g/mol. The normalized spacial score (nSPS) is 48.1. The summed E-state index contributed by atoms with van der Waals surface area (Å²) in [5.41, 5.74) is 1.90. The quantitative estimate of drug-likeness (QED) is 0.437. The molecule has 1 aliphatic heterocycles. The molecule has 1 heterocycles. The van der Waals surface area contributed by atoms with Gasteiger partial charge in [-0.1, -0.05) is 53.2 Å². The molecule has 4 nitrogen and oxygen atoms in total. The first-order chi connectivity index (χ1) is 16.3. The van der Waals surface area contributed by atoms with Crippen molar-refractivity contribution in [1.82, 2.24) is 4.90 Å². The zero-order chi connectivity index (χ0) is 25.5. The average molecular weight is 483 g/mol. The van der Waals surface area contributed by atoms with Crippen LogP contribution in [0.4, 0.5) is 0 Å². The third kappa shape index (κ3) is 3.55. The first kappa shape index (κ1) is 25.5. The van der Waals surface area contributed by atoms with Gasteiger partial charge >= 0.3 is 0 Å². The fourth-order valence-corrected chi connectivity index (χ4v) is 10.0. The second-order valence-corrected chi connectivity index (χ2v) is 14.4. The SMILES string of the molecule is CC(C)C1=N[C@H]2CC=C3CC4C(=O)C[C@]5(C)[C@@H](C(C)N(C)C)[C@H](C)C[C@@]5(C)C4CCC3[C@]2(C)CO1. The molecule has 3 fully saturated rings. The minimum absolute atomic E-state index is 0.0498. The van der Waals surface area contributed by atoms with Crippen LogP contribution in [0.2, 0.25) is 0 Å². The van der Waals surface area contributed by atoms with E-state index in [0.29, 0.717) is 47.5 Å². The lowest BCUT2D eigenvalue weighted by atomic mass is 9.48. The van der Waals surface area contributed by atoms with Crippen molar-refractivity contribution in [3.8, 4) is 0 Å². The first-order valence-electron chi connectivity index (χ1n) is 14.4. The second-order valence-electron chi connectivity index (χ2n) is 14.4. The molecule has 0 radical (unpaired) electrons. The van der Waals surface area contributed by atoms with Gasteiger partial charge in [0.25, 0.3) is 0 Å². The third-order valence-corrected chi connectivity index (χ3v) is 12.1. The van der Waals surface area contributed by atoms with Gasteiger partial charge in [-0.2, -0.15) is 0 Å². The zero-order valence-corrected chi connectivity index (χ0v) is 23.9. The lowest BCUT2D eigenvalue weighted by molar-refractivity contribution is -0.147. The number of allylic oxidation sites excluding steroid dienone is 1. The molecule has 0 spiro atoms. The van der Waals surface area contributed by atoms with Gasteiger partial charge in [-0.25, -0.2) is 0 Å². The Hall–Kier alpha value is -1.16. The Morgan fingerprint density at radius 1 is 1.11 bits per heavy atom. The summed E-state index contributed by atoms with van der Waals surface area (Å²) in [5, 5.41) is 0. The summed E-state index contributed by atoms with van der Waals surface area (Å²) in [4.78, 5) is 21.5. The van der Waals surface area contributed by atoms with Gasteiger partial charge in [0.05, 0.1) is 12.6 Å². The molecule has 0 saturated heterocycles. The number of aliphatic imine (C=N–C) groups is 1. The molecule has 4 unspecified atom stereocenters. The summed E-state index contributed by atoms with van der Waals surface area (Å²) in [5.74, 6) is 4.22. The molecule has 3 saturated carbocycles. The molecule has 35 heavy (non-hydrogen) atoms. The molecule has 5 aliphatic rings. The van der Waals surface area contributed by atoms with Gasteiger partial charge in [-0.15, -0.1) is 0 Å². The molecule has 4 heteroatoms. The number of hydrogen-bond donors (Lipinski definition) is 0.